The van der Waals surface area contributed by atoms with Crippen molar-refractivity contribution < 1.29 is 18.6 Å². The van der Waals surface area contributed by atoms with Crippen molar-refractivity contribution in [2.45, 2.75) is 12.7 Å². The van der Waals surface area contributed by atoms with Gasteiger partial charge in [0.15, 0.2) is 5.75 Å². The molecule has 1 aromatic carbocycles. The molecule has 6 nitrogen and oxygen atoms in total. The van der Waals surface area contributed by atoms with Crippen LogP contribution in [0.2, 0.25) is 10.0 Å². The average Bonchev–Trinajstić information content (AvgIpc) is 3.04. The largest absolute Gasteiger partial charge is 0.429 e. The van der Waals surface area contributed by atoms with Crippen LogP contribution in [0.4, 0.5) is 8.78 Å². The Kier molecular flexibility index (Phi) is 4.85. The molecule has 0 spiro atoms. The zero-order valence-corrected chi connectivity index (χ0v) is 13.9. The average molecular weight is 387 g/mol. The highest BCUT2D eigenvalue weighted by molar-refractivity contribution is 6.36. The van der Waals surface area contributed by atoms with Crippen LogP contribution in [-0.2, 0) is 12.7 Å². The molecule has 0 aliphatic rings. The summed E-state index contributed by atoms with van der Waals surface area (Å²) in [6.07, 6.45) is -0.0990. The molecule has 0 amide bonds. The summed E-state index contributed by atoms with van der Waals surface area (Å²) < 4.78 is 34.6. The van der Waals surface area contributed by atoms with Crippen LogP contribution >= 0.6 is 23.2 Å². The lowest BCUT2D eigenvalue weighted by Crippen LogP contribution is -2.23. The van der Waals surface area contributed by atoms with Gasteiger partial charge in [-0.3, -0.25) is 0 Å². The molecule has 0 aliphatic heterocycles. The zero-order valence-electron chi connectivity index (χ0n) is 12.4. The monoisotopic (exact) mass is 386 g/mol. The molecule has 0 saturated carbocycles. The topological polar surface area (TPSA) is 73.1 Å². The number of nitrogens with zero attached hydrogens (tertiary/aromatic N) is 4. The molecule has 0 bridgehead atoms. The Bertz CT molecular complexity index is 867. The van der Waals surface area contributed by atoms with Gasteiger partial charge in [-0.1, -0.05) is 29.3 Å². The van der Waals surface area contributed by atoms with Crippen molar-refractivity contribution in [3.63, 3.8) is 0 Å². The van der Waals surface area contributed by atoms with Crippen LogP contribution in [-0.4, -0.2) is 24.9 Å². The molecule has 0 atom stereocenters. The summed E-state index contributed by atoms with van der Waals surface area (Å²) >= 11 is 11.6. The Hall–Kier alpha value is -2.29. The fourth-order valence-corrected chi connectivity index (χ4v) is 2.63. The lowest BCUT2D eigenvalue weighted by molar-refractivity contribution is -0.185. The number of hydrogen-bond donors (Lipinski definition) is 1. The number of aliphatic hydroxyl groups excluding tert-OH is 1. The van der Waals surface area contributed by atoms with Crippen molar-refractivity contribution in [1.82, 2.24) is 19.7 Å². The number of rotatable bonds is 5. The first-order valence-corrected chi connectivity index (χ1v) is 7.65. The van der Waals surface area contributed by atoms with E-state index < -0.39 is 11.7 Å². The number of ether oxygens (including phenoxy) is 1. The van der Waals surface area contributed by atoms with Gasteiger partial charge in [-0.05, 0) is 18.2 Å². The third kappa shape index (κ3) is 3.71. The van der Waals surface area contributed by atoms with Crippen molar-refractivity contribution in [1.29, 1.82) is 0 Å². The van der Waals surface area contributed by atoms with Crippen LogP contribution in [0.25, 0.3) is 5.95 Å². The Morgan fingerprint density at radius 2 is 1.76 bits per heavy atom. The fraction of sp³-hybridized carbons (Fsp3) is 0.133. The lowest BCUT2D eigenvalue weighted by Gasteiger charge is -2.20. The Morgan fingerprint density at radius 3 is 2.32 bits per heavy atom. The number of aliphatic hydroxyl groups is 1. The van der Waals surface area contributed by atoms with Crippen LogP contribution in [0, 0.1) is 0 Å². The number of alkyl halides is 2. The van der Waals surface area contributed by atoms with Crippen molar-refractivity contribution in [2.24, 2.45) is 0 Å². The smallest absolute Gasteiger partial charge is 0.426 e. The van der Waals surface area contributed by atoms with Gasteiger partial charge in [0, 0.05) is 6.20 Å². The van der Waals surface area contributed by atoms with E-state index in [2.05, 4.69) is 19.8 Å². The molecule has 0 saturated heterocycles. The van der Waals surface area contributed by atoms with Gasteiger partial charge in [0.2, 0.25) is 0 Å². The normalized spacial score (nSPS) is 11.6. The summed E-state index contributed by atoms with van der Waals surface area (Å²) in [4.78, 5) is 7.81. The molecular formula is C15H10Cl2F2N4O2. The standard InChI is InChI=1S/C15H10Cl2F2N4O2/c16-11-2-1-3-12(17)13(11)15(18,19)25-10-6-20-14(21-7-10)23-5-4-9(8-24)22-23/h1-7,24H,8H2. The Balaban J connectivity index is 1.83. The third-order valence-electron chi connectivity index (χ3n) is 3.13. The highest BCUT2D eigenvalue weighted by Gasteiger charge is 2.39. The van der Waals surface area contributed by atoms with E-state index in [9.17, 15) is 8.78 Å². The summed E-state index contributed by atoms with van der Waals surface area (Å²) in [6, 6.07) is 5.60. The van der Waals surface area contributed by atoms with Crippen LogP contribution in [0.1, 0.15) is 11.3 Å². The molecule has 3 aromatic rings. The van der Waals surface area contributed by atoms with Gasteiger partial charge >= 0.3 is 6.11 Å². The highest BCUT2D eigenvalue weighted by Crippen LogP contribution is 2.39. The van der Waals surface area contributed by atoms with Gasteiger partial charge in [0.1, 0.15) is 5.56 Å². The maximum atomic E-state index is 14.3. The van der Waals surface area contributed by atoms with Gasteiger partial charge in [0.25, 0.3) is 5.95 Å². The lowest BCUT2D eigenvalue weighted by atomic mass is 10.2. The molecule has 3 rings (SSSR count). The molecule has 2 heterocycles. The molecule has 0 aliphatic carbocycles. The van der Waals surface area contributed by atoms with Gasteiger partial charge < -0.3 is 9.84 Å². The molecular weight excluding hydrogens is 377 g/mol. The van der Waals surface area contributed by atoms with Gasteiger partial charge in [-0.15, -0.1) is 0 Å². The summed E-state index contributed by atoms with van der Waals surface area (Å²) in [5.41, 5.74) is -0.217. The summed E-state index contributed by atoms with van der Waals surface area (Å²) in [5, 5.41) is 12.5. The molecule has 0 radical (unpaired) electrons. The predicted octanol–water partition coefficient (Wildman–Crippen LogP) is 3.59. The van der Waals surface area contributed by atoms with E-state index >= 15 is 0 Å². The van der Waals surface area contributed by atoms with E-state index in [4.69, 9.17) is 28.3 Å². The van der Waals surface area contributed by atoms with Gasteiger partial charge in [0.05, 0.1) is 34.7 Å². The minimum Gasteiger partial charge on any atom is -0.426 e. The van der Waals surface area contributed by atoms with Crippen molar-refractivity contribution in [2.75, 3.05) is 0 Å². The zero-order chi connectivity index (χ0) is 18.0. The van der Waals surface area contributed by atoms with Crippen molar-refractivity contribution in [3.8, 4) is 11.7 Å². The quantitative estimate of drug-likeness (QED) is 0.725. The minimum absolute atomic E-state index is 0.131. The Morgan fingerprint density at radius 1 is 1.12 bits per heavy atom. The first kappa shape index (κ1) is 17.5. The van der Waals surface area contributed by atoms with Gasteiger partial charge in [-0.25, -0.2) is 14.6 Å². The first-order chi connectivity index (χ1) is 11.9. The summed E-state index contributed by atoms with van der Waals surface area (Å²) in [7, 11) is 0. The van der Waals surface area contributed by atoms with Crippen LogP contribution < -0.4 is 4.74 Å². The number of aromatic nitrogens is 4. The van der Waals surface area contributed by atoms with E-state index in [-0.39, 0.29) is 28.3 Å². The molecule has 1 N–H and O–H groups in total. The second kappa shape index (κ2) is 6.91. The van der Waals surface area contributed by atoms with E-state index in [1.54, 1.807) is 6.07 Å². The maximum Gasteiger partial charge on any atom is 0.429 e. The van der Waals surface area contributed by atoms with E-state index in [0.717, 1.165) is 12.4 Å². The SMILES string of the molecule is OCc1ccn(-c2ncc(OC(F)(F)c3c(Cl)cccc3Cl)cn2)n1. The Labute approximate surface area is 150 Å². The minimum atomic E-state index is -3.77. The second-order valence-corrected chi connectivity index (χ2v) is 5.66. The molecule has 0 unspecified atom stereocenters. The van der Waals surface area contributed by atoms with Crippen LogP contribution in [0.5, 0.6) is 5.75 Å². The first-order valence-electron chi connectivity index (χ1n) is 6.90. The third-order valence-corrected chi connectivity index (χ3v) is 3.76. The molecule has 25 heavy (non-hydrogen) atoms. The fourth-order valence-electron chi connectivity index (χ4n) is 2.01. The summed E-state index contributed by atoms with van der Waals surface area (Å²) in [6.45, 7) is -0.237. The van der Waals surface area contributed by atoms with Gasteiger partial charge in [-0.2, -0.15) is 13.9 Å². The van der Waals surface area contributed by atoms with Crippen molar-refractivity contribution >= 4 is 23.2 Å². The van der Waals surface area contributed by atoms with Crippen LogP contribution in [0.15, 0.2) is 42.9 Å². The van der Waals surface area contributed by atoms with Crippen LogP contribution in [0.3, 0.4) is 0 Å². The maximum absolute atomic E-state index is 14.3. The second-order valence-electron chi connectivity index (χ2n) is 4.84. The van der Waals surface area contributed by atoms with E-state index in [1.165, 1.54) is 29.1 Å². The van der Waals surface area contributed by atoms with Crippen molar-refractivity contribution in [3.05, 3.63) is 64.2 Å². The predicted molar refractivity (Wildman–Crippen MR) is 86.1 cm³/mol. The molecule has 2 aromatic heterocycles. The molecule has 130 valence electrons. The number of hydrogen-bond acceptors (Lipinski definition) is 5. The number of benzene rings is 1. The van der Waals surface area contributed by atoms with E-state index in [0.29, 0.717) is 5.69 Å². The molecule has 0 fully saturated rings. The highest BCUT2D eigenvalue weighted by atomic mass is 35.5. The molecule has 10 heteroatoms. The number of halogens is 4. The summed E-state index contributed by atoms with van der Waals surface area (Å²) in [5.74, 6) is -0.148. The van der Waals surface area contributed by atoms with E-state index in [1.807, 2.05) is 0 Å².